The highest BCUT2D eigenvalue weighted by molar-refractivity contribution is 8.03. The van der Waals surface area contributed by atoms with Crippen molar-refractivity contribution >= 4 is 33.2 Å². The quantitative estimate of drug-likeness (QED) is 0.540. The van der Waals surface area contributed by atoms with Crippen molar-refractivity contribution in [2.75, 3.05) is 6.26 Å². The van der Waals surface area contributed by atoms with E-state index >= 15 is 0 Å². The number of carbonyl (C=O) groups is 2. The number of benzene rings is 2. The number of Topliss-reactive ketones (excluding diaryl/α,β-unsaturated/α-hetero) is 2. The number of hydrogen-bond acceptors (Lipinski definition) is 5. The lowest BCUT2D eigenvalue weighted by molar-refractivity contribution is -0.119. The largest absolute Gasteiger partial charge is 0.294 e. The van der Waals surface area contributed by atoms with E-state index in [1.54, 1.807) is 12.1 Å². The van der Waals surface area contributed by atoms with E-state index in [4.69, 9.17) is 0 Å². The average Bonchev–Trinajstić information content (AvgIpc) is 3.13. The molecule has 2 bridgehead atoms. The van der Waals surface area contributed by atoms with Crippen molar-refractivity contribution in [3.05, 3.63) is 70.6 Å². The van der Waals surface area contributed by atoms with Crippen LogP contribution in [0.5, 0.6) is 0 Å². The number of rotatable bonds is 5. The van der Waals surface area contributed by atoms with E-state index in [9.17, 15) is 18.0 Å². The van der Waals surface area contributed by atoms with Crippen LogP contribution in [0.15, 0.2) is 74.9 Å². The third-order valence-electron chi connectivity index (χ3n) is 5.39. The van der Waals surface area contributed by atoms with Crippen LogP contribution in [0.25, 0.3) is 0 Å². The maximum absolute atomic E-state index is 13.3. The summed E-state index contributed by atoms with van der Waals surface area (Å²) < 4.78 is 23.7. The van der Waals surface area contributed by atoms with Gasteiger partial charge in [-0.25, -0.2) is 8.42 Å². The molecule has 0 aliphatic heterocycles. The van der Waals surface area contributed by atoms with E-state index in [0.717, 1.165) is 35.3 Å². The highest BCUT2D eigenvalue weighted by Crippen LogP contribution is 2.49. The number of hydrogen-bond donors (Lipinski definition) is 0. The molecule has 2 atom stereocenters. The molecule has 4 rings (SSSR count). The second-order valence-electron chi connectivity index (χ2n) is 7.35. The predicted octanol–water partition coefficient (Wildman–Crippen LogP) is 4.32. The minimum Gasteiger partial charge on any atom is -0.294 e. The van der Waals surface area contributed by atoms with E-state index in [1.807, 2.05) is 30.3 Å². The zero-order valence-corrected chi connectivity index (χ0v) is 17.1. The monoisotopic (exact) mass is 412 g/mol. The lowest BCUT2D eigenvalue weighted by Gasteiger charge is -2.24. The lowest BCUT2D eigenvalue weighted by atomic mass is 9.84. The van der Waals surface area contributed by atoms with Crippen molar-refractivity contribution in [1.82, 2.24) is 0 Å². The molecule has 2 aliphatic carbocycles. The first-order valence-electron chi connectivity index (χ1n) is 9.20. The number of fused-ring (bicyclic) bond motifs is 2. The van der Waals surface area contributed by atoms with Gasteiger partial charge in [-0.3, -0.25) is 9.59 Å². The third kappa shape index (κ3) is 3.59. The summed E-state index contributed by atoms with van der Waals surface area (Å²) in [4.78, 5) is 28.3. The molecule has 0 amide bonds. The molecule has 0 radical (unpaired) electrons. The van der Waals surface area contributed by atoms with E-state index in [2.05, 4.69) is 0 Å². The summed E-state index contributed by atoms with van der Waals surface area (Å²) in [6, 6.07) is 15.7. The van der Waals surface area contributed by atoms with Crippen molar-refractivity contribution in [2.45, 2.75) is 29.1 Å². The van der Waals surface area contributed by atoms with Gasteiger partial charge in [0.05, 0.1) is 10.5 Å². The molecule has 1 fully saturated rings. The topological polar surface area (TPSA) is 68.3 Å². The second kappa shape index (κ2) is 7.33. The van der Waals surface area contributed by atoms with Crippen molar-refractivity contribution < 1.29 is 18.0 Å². The molecule has 28 heavy (non-hydrogen) atoms. The minimum atomic E-state index is -3.43. The van der Waals surface area contributed by atoms with E-state index in [1.165, 1.54) is 23.9 Å². The minimum absolute atomic E-state index is 0.0856. The molecule has 2 aliphatic rings. The maximum atomic E-state index is 13.3. The van der Waals surface area contributed by atoms with Crippen LogP contribution in [-0.2, 0) is 14.6 Å². The normalized spacial score (nSPS) is 21.8. The summed E-state index contributed by atoms with van der Waals surface area (Å²) in [6.45, 7) is 0. The fourth-order valence-electron chi connectivity index (χ4n) is 3.97. The molecule has 0 N–H and O–H groups in total. The Morgan fingerprint density at radius 2 is 1.71 bits per heavy atom. The molecule has 0 saturated heterocycles. The first kappa shape index (κ1) is 19.2. The summed E-state index contributed by atoms with van der Waals surface area (Å²) in [6.07, 6.45) is 3.63. The molecule has 1 saturated carbocycles. The number of sulfone groups is 1. The fraction of sp³-hybridized carbons (Fsp3) is 0.273. The van der Waals surface area contributed by atoms with Gasteiger partial charge in [0.15, 0.2) is 21.4 Å². The molecule has 144 valence electrons. The summed E-state index contributed by atoms with van der Waals surface area (Å²) in [5.74, 6) is -0.348. The van der Waals surface area contributed by atoms with Crippen LogP contribution in [0.2, 0.25) is 0 Å². The van der Waals surface area contributed by atoms with Crippen LogP contribution in [0.3, 0.4) is 0 Å². The standard InChI is InChI=1S/C22H20O4S2/c1-28(25,26)18-9-5-6-14(13-18)20(23)19-21(24)15-10-11-16(12-15)22(19)27-17-7-3-2-4-8-17/h2-9,13,15-16H,10-12H2,1H3/t15-,16+/m0/s1. The smallest absolute Gasteiger partial charge is 0.197 e. The summed E-state index contributed by atoms with van der Waals surface area (Å²) in [5.41, 5.74) is 0.497. The summed E-state index contributed by atoms with van der Waals surface area (Å²) >= 11 is 1.49. The van der Waals surface area contributed by atoms with Crippen molar-refractivity contribution in [1.29, 1.82) is 0 Å². The number of carbonyl (C=O) groups excluding carboxylic acids is 2. The van der Waals surface area contributed by atoms with E-state index in [-0.39, 0.29) is 39.4 Å². The van der Waals surface area contributed by atoms with Crippen LogP contribution in [0, 0.1) is 11.8 Å². The molecular weight excluding hydrogens is 392 g/mol. The highest BCUT2D eigenvalue weighted by atomic mass is 32.2. The number of allylic oxidation sites excluding steroid dienone is 2. The van der Waals surface area contributed by atoms with Gasteiger partial charge < -0.3 is 0 Å². The Labute approximate surface area is 169 Å². The van der Waals surface area contributed by atoms with Crippen molar-refractivity contribution in [2.24, 2.45) is 11.8 Å². The van der Waals surface area contributed by atoms with Crippen LogP contribution in [0.1, 0.15) is 29.6 Å². The fourth-order valence-corrected chi connectivity index (χ4v) is 5.86. The predicted molar refractivity (Wildman–Crippen MR) is 109 cm³/mol. The van der Waals surface area contributed by atoms with Gasteiger partial charge in [0.2, 0.25) is 0 Å². The molecule has 2 aromatic carbocycles. The van der Waals surface area contributed by atoms with Crippen LogP contribution < -0.4 is 0 Å². The van der Waals surface area contributed by atoms with Crippen molar-refractivity contribution in [3.8, 4) is 0 Å². The molecule has 6 heteroatoms. The third-order valence-corrected chi connectivity index (χ3v) is 7.76. The Balaban J connectivity index is 1.80. The number of ketones is 2. The molecule has 0 heterocycles. The van der Waals surface area contributed by atoms with Gasteiger partial charge in [0.25, 0.3) is 0 Å². The molecular formula is C22H20O4S2. The Kier molecular flexibility index (Phi) is 5.02. The maximum Gasteiger partial charge on any atom is 0.197 e. The van der Waals surface area contributed by atoms with Gasteiger partial charge in [-0.15, -0.1) is 0 Å². The van der Waals surface area contributed by atoms with Gasteiger partial charge in [-0.05, 0) is 49.4 Å². The van der Waals surface area contributed by atoms with Crippen LogP contribution >= 0.6 is 11.8 Å². The first-order valence-corrected chi connectivity index (χ1v) is 11.9. The van der Waals surface area contributed by atoms with E-state index < -0.39 is 9.84 Å². The van der Waals surface area contributed by atoms with Crippen molar-refractivity contribution in [3.63, 3.8) is 0 Å². The summed E-state index contributed by atoms with van der Waals surface area (Å²) in [7, 11) is -3.43. The Bertz CT molecular complexity index is 1080. The lowest BCUT2D eigenvalue weighted by Crippen LogP contribution is -2.26. The van der Waals surface area contributed by atoms with Gasteiger partial charge in [-0.1, -0.05) is 42.1 Å². The van der Waals surface area contributed by atoms with Gasteiger partial charge in [0, 0.05) is 27.5 Å². The first-order chi connectivity index (χ1) is 13.3. The Morgan fingerprint density at radius 3 is 2.43 bits per heavy atom. The van der Waals surface area contributed by atoms with Gasteiger partial charge in [-0.2, -0.15) is 0 Å². The molecule has 0 aromatic heterocycles. The van der Waals surface area contributed by atoms with Crippen LogP contribution in [-0.4, -0.2) is 26.2 Å². The zero-order chi connectivity index (χ0) is 19.9. The zero-order valence-electron chi connectivity index (χ0n) is 15.4. The van der Waals surface area contributed by atoms with Gasteiger partial charge in [0.1, 0.15) is 0 Å². The average molecular weight is 413 g/mol. The number of thioether (sulfide) groups is 1. The molecule has 4 nitrogen and oxygen atoms in total. The SMILES string of the molecule is CS(=O)(=O)c1cccc(C(=O)C2=C(Sc3ccccc3)[C@@H]3CC[C@@H](C3)C2=O)c1. The molecule has 2 aromatic rings. The van der Waals surface area contributed by atoms with E-state index in [0.29, 0.717) is 0 Å². The van der Waals surface area contributed by atoms with Gasteiger partial charge >= 0.3 is 0 Å². The summed E-state index contributed by atoms with van der Waals surface area (Å²) in [5, 5.41) is 0. The molecule has 0 spiro atoms. The Morgan fingerprint density at radius 1 is 1.00 bits per heavy atom. The van der Waals surface area contributed by atoms with Crippen LogP contribution in [0.4, 0.5) is 0 Å². The highest BCUT2D eigenvalue weighted by Gasteiger charge is 2.43. The Hall–Kier alpha value is -2.18. The second-order valence-corrected chi connectivity index (χ2v) is 10.5. The molecule has 0 unspecified atom stereocenters.